The van der Waals surface area contributed by atoms with Gasteiger partial charge in [-0.1, -0.05) is 20.3 Å². The maximum absolute atomic E-state index is 3.41. The highest BCUT2D eigenvalue weighted by molar-refractivity contribution is 5.15. The van der Waals surface area contributed by atoms with E-state index < -0.39 is 0 Å². The molecule has 0 radical (unpaired) electrons. The molecule has 68 valence electrons. The topological polar surface area (TPSA) is 15.8 Å². The van der Waals surface area contributed by atoms with Gasteiger partial charge in [0.25, 0.3) is 0 Å². The van der Waals surface area contributed by atoms with Crippen molar-refractivity contribution >= 4 is 0 Å². The fraction of sp³-hybridized carbons (Fsp3) is 0.636. The van der Waals surface area contributed by atoms with Crippen LogP contribution in [0.5, 0.6) is 0 Å². The highest BCUT2D eigenvalue weighted by Gasteiger charge is 2.08. The van der Waals surface area contributed by atoms with Crippen molar-refractivity contribution in [2.45, 2.75) is 46.0 Å². The molecule has 0 aliphatic carbocycles. The SMILES string of the molecule is CCCC(CC)c1ccc(C)[nH]1. The van der Waals surface area contributed by atoms with Crippen molar-refractivity contribution in [3.05, 3.63) is 23.5 Å². The molecule has 0 aliphatic heterocycles. The van der Waals surface area contributed by atoms with Gasteiger partial charge in [0.1, 0.15) is 0 Å². The molecule has 1 rings (SSSR count). The van der Waals surface area contributed by atoms with Gasteiger partial charge >= 0.3 is 0 Å². The second-order valence-corrected chi connectivity index (χ2v) is 3.49. The van der Waals surface area contributed by atoms with Gasteiger partial charge in [0.15, 0.2) is 0 Å². The van der Waals surface area contributed by atoms with Crippen LogP contribution in [0.3, 0.4) is 0 Å². The third-order valence-electron chi connectivity index (χ3n) is 2.42. The van der Waals surface area contributed by atoms with Crippen LogP contribution in [-0.4, -0.2) is 4.98 Å². The number of hydrogen-bond donors (Lipinski definition) is 1. The molecule has 1 N–H and O–H groups in total. The van der Waals surface area contributed by atoms with Crippen molar-refractivity contribution in [1.82, 2.24) is 4.98 Å². The lowest BCUT2D eigenvalue weighted by atomic mass is 9.97. The molecule has 0 saturated carbocycles. The summed E-state index contributed by atoms with van der Waals surface area (Å²) >= 11 is 0. The molecule has 1 atom stereocenters. The third-order valence-corrected chi connectivity index (χ3v) is 2.42. The van der Waals surface area contributed by atoms with Gasteiger partial charge < -0.3 is 4.98 Å². The summed E-state index contributed by atoms with van der Waals surface area (Å²) in [5.41, 5.74) is 2.69. The summed E-state index contributed by atoms with van der Waals surface area (Å²) in [5.74, 6) is 0.740. The molecule has 0 aliphatic rings. The van der Waals surface area contributed by atoms with Crippen molar-refractivity contribution in [1.29, 1.82) is 0 Å². The quantitative estimate of drug-likeness (QED) is 0.701. The standard InChI is InChI=1S/C11H19N/c1-4-6-10(5-2)11-8-7-9(3)12-11/h7-8,10,12H,4-6H2,1-3H3. The Kier molecular flexibility index (Phi) is 3.39. The van der Waals surface area contributed by atoms with E-state index in [1.165, 1.54) is 30.7 Å². The van der Waals surface area contributed by atoms with E-state index in [1.807, 2.05) is 0 Å². The predicted molar refractivity (Wildman–Crippen MR) is 53.5 cm³/mol. The summed E-state index contributed by atoms with van der Waals surface area (Å²) in [4.78, 5) is 3.41. The maximum atomic E-state index is 3.41. The van der Waals surface area contributed by atoms with E-state index in [4.69, 9.17) is 0 Å². The lowest BCUT2D eigenvalue weighted by Crippen LogP contribution is -1.96. The average Bonchev–Trinajstić information content (AvgIpc) is 2.47. The van der Waals surface area contributed by atoms with Crippen molar-refractivity contribution in [2.24, 2.45) is 0 Å². The van der Waals surface area contributed by atoms with E-state index in [0.29, 0.717) is 0 Å². The van der Waals surface area contributed by atoms with Crippen molar-refractivity contribution < 1.29 is 0 Å². The summed E-state index contributed by atoms with van der Waals surface area (Å²) < 4.78 is 0. The average molecular weight is 165 g/mol. The predicted octanol–water partition coefficient (Wildman–Crippen LogP) is 3.62. The van der Waals surface area contributed by atoms with Crippen molar-refractivity contribution in [3.8, 4) is 0 Å². The minimum absolute atomic E-state index is 0.740. The number of nitrogens with one attached hydrogen (secondary N) is 1. The zero-order valence-corrected chi connectivity index (χ0v) is 8.35. The Bertz CT molecular complexity index is 225. The van der Waals surface area contributed by atoms with Crippen LogP contribution in [0.25, 0.3) is 0 Å². The Morgan fingerprint density at radius 2 is 2.08 bits per heavy atom. The van der Waals surface area contributed by atoms with Gasteiger partial charge in [-0.3, -0.25) is 0 Å². The molecule has 0 bridgehead atoms. The Morgan fingerprint density at radius 3 is 2.50 bits per heavy atom. The number of aromatic amines is 1. The van der Waals surface area contributed by atoms with E-state index in [0.717, 1.165) is 5.92 Å². The number of hydrogen-bond acceptors (Lipinski definition) is 0. The molecule has 0 saturated heterocycles. The lowest BCUT2D eigenvalue weighted by molar-refractivity contribution is 0.583. The van der Waals surface area contributed by atoms with E-state index in [9.17, 15) is 0 Å². The van der Waals surface area contributed by atoms with Gasteiger partial charge in [-0.05, 0) is 37.8 Å². The van der Waals surface area contributed by atoms with Gasteiger partial charge in [0.2, 0.25) is 0 Å². The first-order chi connectivity index (χ1) is 5.77. The Morgan fingerprint density at radius 1 is 1.33 bits per heavy atom. The highest BCUT2D eigenvalue weighted by Crippen LogP contribution is 2.23. The van der Waals surface area contributed by atoms with Crippen molar-refractivity contribution in [3.63, 3.8) is 0 Å². The maximum Gasteiger partial charge on any atom is 0.0180 e. The van der Waals surface area contributed by atoms with Crippen molar-refractivity contribution in [2.75, 3.05) is 0 Å². The van der Waals surface area contributed by atoms with Gasteiger partial charge in [-0.2, -0.15) is 0 Å². The zero-order chi connectivity index (χ0) is 8.97. The molecule has 1 aromatic rings. The molecule has 1 unspecified atom stereocenters. The van der Waals surface area contributed by atoms with Crippen LogP contribution in [0.1, 0.15) is 50.4 Å². The van der Waals surface area contributed by atoms with E-state index >= 15 is 0 Å². The third kappa shape index (κ3) is 2.13. The Hall–Kier alpha value is -0.720. The molecule has 1 heteroatoms. The Labute approximate surface area is 75.2 Å². The summed E-state index contributed by atoms with van der Waals surface area (Å²) in [5, 5.41) is 0. The smallest absolute Gasteiger partial charge is 0.0180 e. The molecule has 1 heterocycles. The van der Waals surface area contributed by atoms with Gasteiger partial charge in [0.05, 0.1) is 0 Å². The number of rotatable bonds is 4. The molecule has 0 spiro atoms. The number of aryl methyl sites for hydroxylation is 1. The molecular formula is C11H19N. The van der Waals surface area contributed by atoms with E-state index in [2.05, 4.69) is 37.9 Å². The Balaban J connectivity index is 2.66. The first kappa shape index (κ1) is 9.37. The monoisotopic (exact) mass is 165 g/mol. The first-order valence-electron chi connectivity index (χ1n) is 4.93. The number of aromatic nitrogens is 1. The number of H-pyrrole nitrogens is 1. The van der Waals surface area contributed by atoms with Gasteiger partial charge in [-0.15, -0.1) is 0 Å². The van der Waals surface area contributed by atoms with Crippen LogP contribution < -0.4 is 0 Å². The fourth-order valence-corrected chi connectivity index (χ4v) is 1.69. The molecule has 1 aromatic heterocycles. The van der Waals surface area contributed by atoms with Crippen LogP contribution in [0.4, 0.5) is 0 Å². The minimum atomic E-state index is 0.740. The molecular weight excluding hydrogens is 146 g/mol. The van der Waals surface area contributed by atoms with Crippen LogP contribution >= 0.6 is 0 Å². The van der Waals surface area contributed by atoms with Crippen LogP contribution in [0, 0.1) is 6.92 Å². The van der Waals surface area contributed by atoms with Crippen LogP contribution in [-0.2, 0) is 0 Å². The van der Waals surface area contributed by atoms with Crippen LogP contribution in [0.15, 0.2) is 12.1 Å². The molecule has 1 nitrogen and oxygen atoms in total. The second kappa shape index (κ2) is 4.34. The first-order valence-corrected chi connectivity index (χ1v) is 4.93. The van der Waals surface area contributed by atoms with E-state index in [1.54, 1.807) is 0 Å². The molecule has 12 heavy (non-hydrogen) atoms. The summed E-state index contributed by atoms with van der Waals surface area (Å²) in [6, 6.07) is 4.38. The zero-order valence-electron chi connectivity index (χ0n) is 8.35. The van der Waals surface area contributed by atoms with Gasteiger partial charge in [0, 0.05) is 11.4 Å². The second-order valence-electron chi connectivity index (χ2n) is 3.49. The molecule has 0 fully saturated rings. The molecule has 0 amide bonds. The van der Waals surface area contributed by atoms with Crippen LogP contribution in [0.2, 0.25) is 0 Å². The van der Waals surface area contributed by atoms with E-state index in [-0.39, 0.29) is 0 Å². The highest BCUT2D eigenvalue weighted by atomic mass is 14.7. The van der Waals surface area contributed by atoms with Gasteiger partial charge in [-0.25, -0.2) is 0 Å². The summed E-state index contributed by atoms with van der Waals surface area (Å²) in [6.45, 7) is 6.62. The largest absolute Gasteiger partial charge is 0.362 e. The minimum Gasteiger partial charge on any atom is -0.362 e. The normalized spacial score (nSPS) is 13.2. The fourth-order valence-electron chi connectivity index (χ4n) is 1.69. The summed E-state index contributed by atoms with van der Waals surface area (Å²) in [6.07, 6.45) is 3.82. The summed E-state index contributed by atoms with van der Waals surface area (Å²) in [7, 11) is 0. The lowest BCUT2D eigenvalue weighted by Gasteiger charge is -2.11. The molecule has 0 aromatic carbocycles.